The predicted molar refractivity (Wildman–Crippen MR) is 99.9 cm³/mol. The van der Waals surface area contributed by atoms with E-state index in [-0.39, 0.29) is 5.91 Å². The highest BCUT2D eigenvalue weighted by Crippen LogP contribution is 2.39. The Balaban J connectivity index is 1.43. The Bertz CT molecular complexity index is 1030. The number of ether oxygens (including phenoxy) is 1. The van der Waals surface area contributed by atoms with Gasteiger partial charge in [0.15, 0.2) is 11.5 Å². The van der Waals surface area contributed by atoms with Crippen LogP contribution in [0.3, 0.4) is 0 Å². The summed E-state index contributed by atoms with van der Waals surface area (Å²) in [5.41, 5.74) is 3.43. The first kappa shape index (κ1) is 17.0. The molecule has 1 aliphatic carbocycles. The van der Waals surface area contributed by atoms with Gasteiger partial charge in [-0.3, -0.25) is 9.48 Å². The number of fused-ring (bicyclic) bond motifs is 1. The molecule has 1 fully saturated rings. The predicted octanol–water partition coefficient (Wildman–Crippen LogP) is 2.55. The monoisotopic (exact) mass is 379 g/mol. The first-order chi connectivity index (χ1) is 13.6. The fourth-order valence-corrected chi connectivity index (χ4v) is 3.69. The van der Waals surface area contributed by atoms with Crippen LogP contribution in [0.4, 0.5) is 0 Å². The van der Waals surface area contributed by atoms with Crippen LogP contribution >= 0.6 is 0 Å². The molecule has 2 aliphatic rings. The van der Waals surface area contributed by atoms with Gasteiger partial charge in [0.05, 0.1) is 13.7 Å². The number of rotatable bonds is 4. The van der Waals surface area contributed by atoms with E-state index in [0.29, 0.717) is 36.2 Å². The minimum absolute atomic E-state index is 0.00713. The Hall–Kier alpha value is -3.16. The minimum atomic E-state index is -0.00713. The summed E-state index contributed by atoms with van der Waals surface area (Å²) in [4.78, 5) is 19.4. The summed E-state index contributed by atoms with van der Waals surface area (Å²) in [5.74, 6) is 2.35. The SMILES string of the molecule is COc1ccc(C(=O)N2CCc3c(c(-c4nc(C5CC5)no4)nn3C)C2)cc1. The Morgan fingerprint density at radius 2 is 2.04 bits per heavy atom. The van der Waals surface area contributed by atoms with E-state index in [1.54, 1.807) is 31.4 Å². The second kappa shape index (κ2) is 6.47. The lowest BCUT2D eigenvalue weighted by molar-refractivity contribution is 0.0733. The van der Waals surface area contributed by atoms with E-state index in [2.05, 4.69) is 15.2 Å². The molecule has 144 valence electrons. The summed E-state index contributed by atoms with van der Waals surface area (Å²) in [6.07, 6.45) is 2.97. The van der Waals surface area contributed by atoms with Gasteiger partial charge in [0.25, 0.3) is 11.8 Å². The first-order valence-electron chi connectivity index (χ1n) is 9.46. The van der Waals surface area contributed by atoms with Gasteiger partial charge in [-0.2, -0.15) is 10.1 Å². The molecule has 1 aromatic carbocycles. The summed E-state index contributed by atoms with van der Waals surface area (Å²) in [6.45, 7) is 1.12. The maximum Gasteiger partial charge on any atom is 0.278 e. The van der Waals surface area contributed by atoms with E-state index in [1.807, 2.05) is 16.6 Å². The van der Waals surface area contributed by atoms with Crippen molar-refractivity contribution in [3.05, 3.63) is 46.9 Å². The van der Waals surface area contributed by atoms with Crippen molar-refractivity contribution < 1.29 is 14.1 Å². The molecule has 0 atom stereocenters. The van der Waals surface area contributed by atoms with Crippen LogP contribution in [0.15, 0.2) is 28.8 Å². The Morgan fingerprint density at radius 1 is 1.25 bits per heavy atom. The van der Waals surface area contributed by atoms with Crippen LogP contribution < -0.4 is 4.74 Å². The Morgan fingerprint density at radius 3 is 2.75 bits per heavy atom. The minimum Gasteiger partial charge on any atom is -0.497 e. The maximum absolute atomic E-state index is 13.0. The second-order valence-electron chi connectivity index (χ2n) is 7.33. The molecular weight excluding hydrogens is 358 g/mol. The van der Waals surface area contributed by atoms with Gasteiger partial charge in [-0.1, -0.05) is 5.16 Å². The van der Waals surface area contributed by atoms with Crippen LogP contribution in [0.25, 0.3) is 11.6 Å². The van der Waals surface area contributed by atoms with Gasteiger partial charge in [0, 0.05) is 42.8 Å². The van der Waals surface area contributed by atoms with Gasteiger partial charge in [-0.25, -0.2) is 0 Å². The van der Waals surface area contributed by atoms with Crippen LogP contribution in [0, 0.1) is 0 Å². The van der Waals surface area contributed by atoms with Gasteiger partial charge in [0.1, 0.15) is 5.75 Å². The highest BCUT2D eigenvalue weighted by Gasteiger charge is 2.32. The molecule has 3 heterocycles. The molecule has 8 nitrogen and oxygen atoms in total. The van der Waals surface area contributed by atoms with E-state index in [9.17, 15) is 4.79 Å². The number of aryl methyl sites for hydroxylation is 1. The number of amides is 1. The summed E-state index contributed by atoms with van der Waals surface area (Å²) >= 11 is 0. The van der Waals surface area contributed by atoms with Crippen LogP contribution in [-0.4, -0.2) is 44.4 Å². The third-order valence-electron chi connectivity index (χ3n) is 5.45. The smallest absolute Gasteiger partial charge is 0.278 e. The highest BCUT2D eigenvalue weighted by atomic mass is 16.5. The molecule has 0 saturated heterocycles. The van der Waals surface area contributed by atoms with Crippen LogP contribution in [-0.2, 0) is 20.0 Å². The van der Waals surface area contributed by atoms with Crippen molar-refractivity contribution in [2.45, 2.75) is 31.7 Å². The van der Waals surface area contributed by atoms with E-state index in [4.69, 9.17) is 9.26 Å². The maximum atomic E-state index is 13.0. The van der Waals surface area contributed by atoms with Gasteiger partial charge in [-0.05, 0) is 37.1 Å². The summed E-state index contributed by atoms with van der Waals surface area (Å²) in [5, 5.41) is 8.71. The van der Waals surface area contributed by atoms with Crippen molar-refractivity contribution in [1.29, 1.82) is 0 Å². The number of hydrogen-bond acceptors (Lipinski definition) is 6. The number of hydrogen-bond donors (Lipinski definition) is 0. The third kappa shape index (κ3) is 2.85. The number of benzene rings is 1. The molecule has 2 aromatic heterocycles. The molecule has 3 aromatic rings. The average Bonchev–Trinajstić information content (AvgIpc) is 3.38. The van der Waals surface area contributed by atoms with Crippen LogP contribution in [0.5, 0.6) is 5.75 Å². The molecule has 0 unspecified atom stereocenters. The van der Waals surface area contributed by atoms with Crippen molar-refractivity contribution in [3.8, 4) is 17.3 Å². The third-order valence-corrected chi connectivity index (χ3v) is 5.45. The first-order valence-corrected chi connectivity index (χ1v) is 9.46. The Kier molecular flexibility index (Phi) is 3.92. The standard InChI is InChI=1S/C20H21N5O3/c1-24-16-9-10-25(20(26)13-5-7-14(27-2)8-6-13)11-15(16)17(22-24)19-21-18(23-28-19)12-3-4-12/h5-8,12H,3-4,9-11H2,1-2H3. The highest BCUT2D eigenvalue weighted by molar-refractivity contribution is 5.94. The molecule has 28 heavy (non-hydrogen) atoms. The molecule has 0 radical (unpaired) electrons. The largest absolute Gasteiger partial charge is 0.497 e. The molecule has 5 rings (SSSR count). The summed E-state index contributed by atoms with van der Waals surface area (Å²) in [7, 11) is 3.53. The van der Waals surface area contributed by atoms with Crippen molar-refractivity contribution in [2.75, 3.05) is 13.7 Å². The van der Waals surface area contributed by atoms with Gasteiger partial charge >= 0.3 is 0 Å². The van der Waals surface area contributed by atoms with E-state index < -0.39 is 0 Å². The molecule has 8 heteroatoms. The second-order valence-corrected chi connectivity index (χ2v) is 7.33. The summed E-state index contributed by atoms with van der Waals surface area (Å²) in [6, 6.07) is 7.19. The van der Waals surface area contributed by atoms with Gasteiger partial charge in [-0.15, -0.1) is 0 Å². The molecule has 0 bridgehead atoms. The molecular formula is C20H21N5O3. The van der Waals surface area contributed by atoms with Crippen LogP contribution in [0.1, 0.15) is 46.2 Å². The number of carbonyl (C=O) groups is 1. The average molecular weight is 379 g/mol. The number of aromatic nitrogens is 4. The van der Waals surface area contributed by atoms with Crippen molar-refractivity contribution >= 4 is 5.91 Å². The lowest BCUT2D eigenvalue weighted by Crippen LogP contribution is -2.36. The topological polar surface area (TPSA) is 86.3 Å². The lowest BCUT2D eigenvalue weighted by atomic mass is 10.0. The number of nitrogens with zero attached hydrogens (tertiary/aromatic N) is 5. The van der Waals surface area contributed by atoms with Crippen molar-refractivity contribution in [3.63, 3.8) is 0 Å². The Labute approximate surface area is 162 Å². The van der Waals surface area contributed by atoms with Crippen LogP contribution in [0.2, 0.25) is 0 Å². The number of methoxy groups -OCH3 is 1. The molecule has 1 saturated carbocycles. The normalized spacial score (nSPS) is 16.1. The zero-order chi connectivity index (χ0) is 19.3. The summed E-state index contributed by atoms with van der Waals surface area (Å²) < 4.78 is 12.5. The van der Waals surface area contributed by atoms with E-state index in [1.165, 1.54) is 0 Å². The van der Waals surface area contributed by atoms with Gasteiger partial charge in [0.2, 0.25) is 0 Å². The molecule has 0 spiro atoms. The zero-order valence-corrected chi connectivity index (χ0v) is 15.9. The molecule has 1 amide bonds. The van der Waals surface area contributed by atoms with E-state index >= 15 is 0 Å². The van der Waals surface area contributed by atoms with E-state index in [0.717, 1.165) is 42.1 Å². The van der Waals surface area contributed by atoms with Crippen molar-refractivity contribution in [2.24, 2.45) is 7.05 Å². The zero-order valence-electron chi connectivity index (χ0n) is 15.9. The lowest BCUT2D eigenvalue weighted by Gasteiger charge is -2.27. The molecule has 1 aliphatic heterocycles. The molecule has 0 N–H and O–H groups in total. The number of carbonyl (C=O) groups excluding carboxylic acids is 1. The van der Waals surface area contributed by atoms with Crippen molar-refractivity contribution in [1.82, 2.24) is 24.8 Å². The quantitative estimate of drug-likeness (QED) is 0.692. The fourth-order valence-electron chi connectivity index (χ4n) is 3.69. The fraction of sp³-hybridized carbons (Fsp3) is 0.400. The van der Waals surface area contributed by atoms with Gasteiger partial charge < -0.3 is 14.2 Å².